The highest BCUT2D eigenvalue weighted by molar-refractivity contribution is 5.64. The average molecular weight is 248 g/mol. The van der Waals surface area contributed by atoms with Crippen molar-refractivity contribution in [3.63, 3.8) is 0 Å². The standard InChI is InChI=1S/C16H28N2/c1-11-10-12(2)14(4)15(13(11)3)18(7)16(5,6)8-9-17/h10H,8-9,17H2,1-7H3. The fourth-order valence-corrected chi connectivity index (χ4v) is 2.52. The van der Waals surface area contributed by atoms with Crippen LogP contribution >= 0.6 is 0 Å². The maximum atomic E-state index is 5.74. The minimum Gasteiger partial charge on any atom is -0.369 e. The van der Waals surface area contributed by atoms with Gasteiger partial charge in [0, 0.05) is 18.3 Å². The number of anilines is 1. The van der Waals surface area contributed by atoms with E-state index >= 15 is 0 Å². The lowest BCUT2D eigenvalue weighted by Gasteiger charge is -2.40. The Hall–Kier alpha value is -1.02. The molecule has 0 aliphatic heterocycles. The molecule has 2 nitrogen and oxygen atoms in total. The van der Waals surface area contributed by atoms with Gasteiger partial charge in [0.2, 0.25) is 0 Å². The molecule has 0 atom stereocenters. The number of rotatable bonds is 4. The van der Waals surface area contributed by atoms with Crippen molar-refractivity contribution in [1.29, 1.82) is 0 Å². The van der Waals surface area contributed by atoms with Crippen molar-refractivity contribution in [2.24, 2.45) is 5.73 Å². The van der Waals surface area contributed by atoms with Gasteiger partial charge in [-0.15, -0.1) is 0 Å². The lowest BCUT2D eigenvalue weighted by Crippen LogP contribution is -2.43. The zero-order valence-corrected chi connectivity index (χ0v) is 13.0. The van der Waals surface area contributed by atoms with Gasteiger partial charge in [-0.2, -0.15) is 0 Å². The van der Waals surface area contributed by atoms with E-state index in [1.807, 2.05) is 0 Å². The van der Waals surface area contributed by atoms with Gasteiger partial charge in [0.25, 0.3) is 0 Å². The molecular formula is C16H28N2. The molecule has 0 fully saturated rings. The van der Waals surface area contributed by atoms with Crippen LogP contribution in [0.15, 0.2) is 6.07 Å². The third-order valence-electron chi connectivity index (χ3n) is 4.33. The second-order valence-corrected chi connectivity index (χ2v) is 6.02. The number of benzene rings is 1. The third-order valence-corrected chi connectivity index (χ3v) is 4.33. The van der Waals surface area contributed by atoms with Crippen molar-refractivity contribution >= 4 is 5.69 Å². The molecule has 0 saturated heterocycles. The lowest BCUT2D eigenvalue weighted by molar-refractivity contribution is 0.455. The number of aryl methyl sites for hydroxylation is 2. The van der Waals surface area contributed by atoms with Crippen molar-refractivity contribution in [3.05, 3.63) is 28.3 Å². The van der Waals surface area contributed by atoms with E-state index in [1.165, 1.54) is 27.9 Å². The van der Waals surface area contributed by atoms with Crippen molar-refractivity contribution in [3.8, 4) is 0 Å². The van der Waals surface area contributed by atoms with Gasteiger partial charge in [-0.1, -0.05) is 6.07 Å². The van der Waals surface area contributed by atoms with Crippen LogP contribution in [0.1, 0.15) is 42.5 Å². The topological polar surface area (TPSA) is 29.3 Å². The van der Waals surface area contributed by atoms with Gasteiger partial charge in [0.05, 0.1) is 0 Å². The van der Waals surface area contributed by atoms with Crippen LogP contribution in [0, 0.1) is 27.7 Å². The van der Waals surface area contributed by atoms with Gasteiger partial charge in [-0.05, 0) is 76.8 Å². The van der Waals surface area contributed by atoms with Crippen LogP contribution in [0.5, 0.6) is 0 Å². The highest BCUT2D eigenvalue weighted by Gasteiger charge is 2.25. The summed E-state index contributed by atoms with van der Waals surface area (Å²) in [5, 5.41) is 0. The highest BCUT2D eigenvalue weighted by Crippen LogP contribution is 2.34. The van der Waals surface area contributed by atoms with E-state index in [4.69, 9.17) is 5.73 Å². The Morgan fingerprint density at radius 3 is 1.89 bits per heavy atom. The van der Waals surface area contributed by atoms with Crippen molar-refractivity contribution in [2.75, 3.05) is 18.5 Å². The summed E-state index contributed by atoms with van der Waals surface area (Å²) in [5.41, 5.74) is 12.7. The predicted molar refractivity (Wildman–Crippen MR) is 81.5 cm³/mol. The first-order chi connectivity index (χ1) is 8.22. The minimum atomic E-state index is 0.0878. The first-order valence-electron chi connectivity index (χ1n) is 6.73. The monoisotopic (exact) mass is 248 g/mol. The molecule has 0 bridgehead atoms. The molecular weight excluding hydrogens is 220 g/mol. The smallest absolute Gasteiger partial charge is 0.0432 e. The molecule has 1 aromatic carbocycles. The molecule has 0 radical (unpaired) electrons. The zero-order chi connectivity index (χ0) is 14.1. The summed E-state index contributed by atoms with van der Waals surface area (Å²) >= 11 is 0. The summed E-state index contributed by atoms with van der Waals surface area (Å²) in [6.45, 7) is 14.1. The number of nitrogens with two attached hydrogens (primary N) is 1. The minimum absolute atomic E-state index is 0.0878. The van der Waals surface area contributed by atoms with Gasteiger partial charge >= 0.3 is 0 Å². The molecule has 0 unspecified atom stereocenters. The molecule has 0 aliphatic rings. The van der Waals surface area contributed by atoms with E-state index in [2.05, 4.69) is 59.6 Å². The maximum Gasteiger partial charge on any atom is 0.0432 e. The molecule has 0 aliphatic carbocycles. The summed E-state index contributed by atoms with van der Waals surface area (Å²) in [6, 6.07) is 2.28. The van der Waals surface area contributed by atoms with Crippen LogP contribution in [0.25, 0.3) is 0 Å². The van der Waals surface area contributed by atoms with Gasteiger partial charge < -0.3 is 10.6 Å². The predicted octanol–water partition coefficient (Wildman–Crippen LogP) is 3.48. The average Bonchev–Trinajstić information content (AvgIpc) is 2.26. The van der Waals surface area contributed by atoms with Crippen molar-refractivity contribution in [1.82, 2.24) is 0 Å². The second kappa shape index (κ2) is 5.31. The fourth-order valence-electron chi connectivity index (χ4n) is 2.52. The molecule has 0 aromatic heterocycles. The van der Waals surface area contributed by atoms with E-state index in [0.717, 1.165) is 13.0 Å². The molecule has 0 saturated carbocycles. The molecule has 2 N–H and O–H groups in total. The first kappa shape index (κ1) is 15.0. The molecule has 102 valence electrons. The highest BCUT2D eigenvalue weighted by atomic mass is 15.2. The summed E-state index contributed by atoms with van der Waals surface area (Å²) in [6.07, 6.45) is 0.995. The number of hydrogen-bond acceptors (Lipinski definition) is 2. The van der Waals surface area contributed by atoms with Gasteiger partial charge in [-0.25, -0.2) is 0 Å². The number of hydrogen-bond donors (Lipinski definition) is 1. The Labute approximate surface area is 112 Å². The van der Waals surface area contributed by atoms with Crippen LogP contribution in [0.3, 0.4) is 0 Å². The molecule has 0 heterocycles. The SMILES string of the molecule is Cc1cc(C)c(C)c(N(C)C(C)(C)CCN)c1C. The van der Waals surface area contributed by atoms with Crippen molar-refractivity contribution in [2.45, 2.75) is 53.5 Å². The molecule has 1 rings (SSSR count). The van der Waals surface area contributed by atoms with Gasteiger partial charge in [0.15, 0.2) is 0 Å². The van der Waals surface area contributed by atoms with Crippen LogP contribution in [0.4, 0.5) is 5.69 Å². The van der Waals surface area contributed by atoms with E-state index in [0.29, 0.717) is 0 Å². The quantitative estimate of drug-likeness (QED) is 0.884. The van der Waals surface area contributed by atoms with E-state index in [-0.39, 0.29) is 5.54 Å². The largest absolute Gasteiger partial charge is 0.369 e. The van der Waals surface area contributed by atoms with E-state index in [1.54, 1.807) is 0 Å². The fraction of sp³-hybridized carbons (Fsp3) is 0.625. The first-order valence-corrected chi connectivity index (χ1v) is 6.73. The Balaban J connectivity index is 3.33. The molecule has 1 aromatic rings. The third kappa shape index (κ3) is 2.69. The Morgan fingerprint density at radius 2 is 1.50 bits per heavy atom. The molecule has 0 amide bonds. The normalized spacial score (nSPS) is 11.8. The summed E-state index contributed by atoms with van der Waals surface area (Å²) in [7, 11) is 2.18. The zero-order valence-electron chi connectivity index (χ0n) is 13.0. The number of nitrogens with zero attached hydrogens (tertiary/aromatic N) is 1. The maximum absolute atomic E-state index is 5.74. The second-order valence-electron chi connectivity index (χ2n) is 6.02. The Bertz CT molecular complexity index is 407. The summed E-state index contributed by atoms with van der Waals surface area (Å²) in [5.74, 6) is 0. The van der Waals surface area contributed by atoms with Crippen molar-refractivity contribution < 1.29 is 0 Å². The van der Waals surface area contributed by atoms with Gasteiger partial charge in [0.1, 0.15) is 0 Å². The lowest BCUT2D eigenvalue weighted by atomic mass is 9.92. The Kier molecular flexibility index (Phi) is 4.44. The summed E-state index contributed by atoms with van der Waals surface area (Å²) in [4.78, 5) is 2.39. The molecule has 18 heavy (non-hydrogen) atoms. The Morgan fingerprint density at radius 1 is 1.06 bits per heavy atom. The summed E-state index contributed by atoms with van der Waals surface area (Å²) < 4.78 is 0. The molecule has 2 heteroatoms. The van der Waals surface area contributed by atoms with Crippen LogP contribution < -0.4 is 10.6 Å². The van der Waals surface area contributed by atoms with E-state index < -0.39 is 0 Å². The van der Waals surface area contributed by atoms with Crippen LogP contribution in [-0.2, 0) is 0 Å². The van der Waals surface area contributed by atoms with Crippen LogP contribution in [-0.4, -0.2) is 19.1 Å². The van der Waals surface area contributed by atoms with Gasteiger partial charge in [-0.3, -0.25) is 0 Å². The molecule has 0 spiro atoms. The van der Waals surface area contributed by atoms with E-state index in [9.17, 15) is 0 Å². The van der Waals surface area contributed by atoms with Crippen LogP contribution in [0.2, 0.25) is 0 Å².